The van der Waals surface area contributed by atoms with Crippen molar-refractivity contribution < 1.29 is 10.0 Å². The number of phenolic OH excluding ortho intramolecular Hbond substituents is 1. The molecule has 0 bridgehead atoms. The number of phenols is 1. The van der Waals surface area contributed by atoms with E-state index in [4.69, 9.17) is 0 Å². The van der Waals surface area contributed by atoms with Crippen LogP contribution in [0.4, 0.5) is 5.69 Å². The maximum Gasteiger partial charge on any atom is 0.270 e. The molecule has 1 N–H and O–H groups in total. The highest BCUT2D eigenvalue weighted by Gasteiger charge is 2.25. The maximum atomic E-state index is 10.8. The summed E-state index contributed by atoms with van der Waals surface area (Å²) in [5.41, 5.74) is 0.508. The number of aromatic hydroxyl groups is 1. The minimum absolute atomic E-state index is 0.00501. The second-order valence-electron chi connectivity index (χ2n) is 5.96. The first-order chi connectivity index (χ1) is 8.62. The second kappa shape index (κ2) is 5.57. The summed E-state index contributed by atoms with van der Waals surface area (Å²) >= 11 is 0. The lowest BCUT2D eigenvalue weighted by atomic mass is 10.0. The Hall–Kier alpha value is -1.62. The maximum absolute atomic E-state index is 10.8. The van der Waals surface area contributed by atoms with E-state index in [2.05, 4.69) is 39.5 Å². The first kappa shape index (κ1) is 15.4. The van der Waals surface area contributed by atoms with Gasteiger partial charge in [0.05, 0.1) is 4.92 Å². The molecule has 0 aliphatic heterocycles. The summed E-state index contributed by atoms with van der Waals surface area (Å²) in [6.45, 7) is 10.9. The summed E-state index contributed by atoms with van der Waals surface area (Å²) in [7, 11) is 0. The van der Waals surface area contributed by atoms with Crippen molar-refractivity contribution in [1.29, 1.82) is 0 Å². The zero-order valence-corrected chi connectivity index (χ0v) is 12.2. The summed E-state index contributed by atoms with van der Waals surface area (Å²) in [6.07, 6.45) is 0. The Balaban J connectivity index is 3.09. The lowest BCUT2D eigenvalue weighted by Gasteiger charge is -2.39. The molecule has 0 saturated carbocycles. The van der Waals surface area contributed by atoms with Crippen molar-refractivity contribution >= 4 is 5.69 Å². The van der Waals surface area contributed by atoms with E-state index < -0.39 is 4.92 Å². The number of rotatable bonds is 4. The number of non-ortho nitro benzene ring substituents is 1. The number of hydrogen-bond acceptors (Lipinski definition) is 4. The number of hydrogen-bond donors (Lipinski definition) is 1. The summed E-state index contributed by atoms with van der Waals surface area (Å²) in [6, 6.07) is 4.42. The fourth-order valence-electron chi connectivity index (χ4n) is 2.19. The molecule has 0 amide bonds. The standard InChI is InChI=1S/C14H22N2O3/c1-10(2)15(14(3,4)5)9-11-8-12(16(18)19)6-7-13(11)17/h6-8,10,17H,9H2,1-5H3. The van der Waals surface area contributed by atoms with E-state index >= 15 is 0 Å². The number of nitro groups is 1. The van der Waals surface area contributed by atoms with Gasteiger partial charge in [0.2, 0.25) is 0 Å². The molecule has 0 heterocycles. The van der Waals surface area contributed by atoms with Gasteiger partial charge >= 0.3 is 0 Å². The highest BCUT2D eigenvalue weighted by molar-refractivity contribution is 5.43. The summed E-state index contributed by atoms with van der Waals surface area (Å²) in [5, 5.41) is 20.7. The Labute approximate surface area is 114 Å². The average molecular weight is 266 g/mol. The molecular formula is C14H22N2O3. The molecule has 19 heavy (non-hydrogen) atoms. The van der Waals surface area contributed by atoms with Crippen LogP contribution in [0, 0.1) is 10.1 Å². The smallest absolute Gasteiger partial charge is 0.270 e. The third-order valence-corrected chi connectivity index (χ3v) is 3.10. The molecule has 0 fully saturated rings. The zero-order valence-electron chi connectivity index (χ0n) is 12.2. The van der Waals surface area contributed by atoms with E-state index in [-0.39, 0.29) is 23.0 Å². The summed E-state index contributed by atoms with van der Waals surface area (Å²) in [5.74, 6) is 0.0977. The quantitative estimate of drug-likeness (QED) is 0.670. The highest BCUT2D eigenvalue weighted by atomic mass is 16.6. The van der Waals surface area contributed by atoms with Crippen LogP contribution in [0.2, 0.25) is 0 Å². The van der Waals surface area contributed by atoms with E-state index in [1.165, 1.54) is 18.2 Å². The SMILES string of the molecule is CC(C)N(Cc1cc([N+](=O)[O-])ccc1O)C(C)(C)C. The van der Waals surface area contributed by atoms with Crippen molar-refractivity contribution in [2.24, 2.45) is 0 Å². The molecule has 5 heteroatoms. The molecule has 0 aliphatic rings. The Kier molecular flexibility index (Phi) is 4.52. The Bertz CT molecular complexity index is 464. The molecule has 0 atom stereocenters. The van der Waals surface area contributed by atoms with Gasteiger partial charge in [0.25, 0.3) is 5.69 Å². The minimum atomic E-state index is -0.445. The van der Waals surface area contributed by atoms with Crippen LogP contribution >= 0.6 is 0 Å². The molecule has 106 valence electrons. The van der Waals surface area contributed by atoms with Crippen LogP contribution in [0.15, 0.2) is 18.2 Å². The van der Waals surface area contributed by atoms with Gasteiger partial charge in [-0.1, -0.05) is 0 Å². The van der Waals surface area contributed by atoms with Gasteiger partial charge < -0.3 is 5.11 Å². The Morgan fingerprint density at radius 1 is 1.37 bits per heavy atom. The predicted molar refractivity (Wildman–Crippen MR) is 75.2 cm³/mol. The molecular weight excluding hydrogens is 244 g/mol. The van der Waals surface area contributed by atoms with Crippen LogP contribution in [0.3, 0.4) is 0 Å². The molecule has 0 spiro atoms. The van der Waals surface area contributed by atoms with E-state index in [1.807, 2.05) is 0 Å². The number of nitro benzene ring substituents is 1. The van der Waals surface area contributed by atoms with Gasteiger partial charge in [-0.05, 0) is 40.7 Å². The number of nitrogens with zero attached hydrogens (tertiary/aromatic N) is 2. The van der Waals surface area contributed by atoms with Crippen molar-refractivity contribution in [2.45, 2.75) is 52.7 Å². The van der Waals surface area contributed by atoms with Crippen LogP contribution in [0.25, 0.3) is 0 Å². The van der Waals surface area contributed by atoms with Crippen LogP contribution in [0.5, 0.6) is 5.75 Å². The minimum Gasteiger partial charge on any atom is -0.508 e. The lowest BCUT2D eigenvalue weighted by molar-refractivity contribution is -0.385. The van der Waals surface area contributed by atoms with Gasteiger partial charge in [-0.2, -0.15) is 0 Å². The molecule has 5 nitrogen and oxygen atoms in total. The molecule has 1 aromatic rings. The van der Waals surface area contributed by atoms with Gasteiger partial charge in [0.15, 0.2) is 0 Å². The van der Waals surface area contributed by atoms with Crippen molar-refractivity contribution in [1.82, 2.24) is 4.90 Å². The number of benzene rings is 1. The molecule has 1 rings (SSSR count). The van der Waals surface area contributed by atoms with Gasteiger partial charge in [-0.25, -0.2) is 0 Å². The fraction of sp³-hybridized carbons (Fsp3) is 0.571. The Morgan fingerprint density at radius 2 is 1.95 bits per heavy atom. The van der Waals surface area contributed by atoms with Gasteiger partial charge in [0.1, 0.15) is 5.75 Å². The summed E-state index contributed by atoms with van der Waals surface area (Å²) < 4.78 is 0. The first-order valence-corrected chi connectivity index (χ1v) is 6.36. The normalized spacial score (nSPS) is 12.2. The molecule has 0 unspecified atom stereocenters. The van der Waals surface area contributed by atoms with Gasteiger partial charge in [-0.15, -0.1) is 0 Å². The first-order valence-electron chi connectivity index (χ1n) is 6.36. The van der Waals surface area contributed by atoms with E-state index in [1.54, 1.807) is 0 Å². The van der Waals surface area contributed by atoms with Crippen LogP contribution in [-0.2, 0) is 6.54 Å². The van der Waals surface area contributed by atoms with Crippen molar-refractivity contribution in [2.75, 3.05) is 0 Å². The third kappa shape index (κ3) is 3.92. The van der Waals surface area contributed by atoms with E-state index in [9.17, 15) is 15.2 Å². The third-order valence-electron chi connectivity index (χ3n) is 3.10. The van der Waals surface area contributed by atoms with Crippen LogP contribution in [0.1, 0.15) is 40.2 Å². The molecule has 0 radical (unpaired) electrons. The Morgan fingerprint density at radius 3 is 2.37 bits per heavy atom. The fourth-order valence-corrected chi connectivity index (χ4v) is 2.19. The van der Waals surface area contributed by atoms with Crippen molar-refractivity contribution in [3.8, 4) is 5.75 Å². The summed E-state index contributed by atoms with van der Waals surface area (Å²) in [4.78, 5) is 12.5. The second-order valence-corrected chi connectivity index (χ2v) is 5.96. The topological polar surface area (TPSA) is 66.6 Å². The molecule has 0 aliphatic carbocycles. The van der Waals surface area contributed by atoms with Gasteiger partial charge in [-0.3, -0.25) is 15.0 Å². The van der Waals surface area contributed by atoms with E-state index in [0.717, 1.165) is 0 Å². The zero-order chi connectivity index (χ0) is 14.8. The van der Waals surface area contributed by atoms with Crippen molar-refractivity contribution in [3.05, 3.63) is 33.9 Å². The molecule has 1 aromatic carbocycles. The van der Waals surface area contributed by atoms with Crippen LogP contribution in [-0.4, -0.2) is 26.5 Å². The molecule has 0 saturated heterocycles. The van der Waals surface area contributed by atoms with Gasteiger partial charge in [0, 0.05) is 35.8 Å². The highest BCUT2D eigenvalue weighted by Crippen LogP contribution is 2.28. The predicted octanol–water partition coefficient (Wildman–Crippen LogP) is 3.31. The van der Waals surface area contributed by atoms with Crippen LogP contribution < -0.4 is 0 Å². The monoisotopic (exact) mass is 266 g/mol. The van der Waals surface area contributed by atoms with Crippen molar-refractivity contribution in [3.63, 3.8) is 0 Å². The lowest BCUT2D eigenvalue weighted by Crippen LogP contribution is -2.45. The largest absolute Gasteiger partial charge is 0.508 e. The molecule has 0 aromatic heterocycles. The van der Waals surface area contributed by atoms with E-state index in [0.29, 0.717) is 12.1 Å². The average Bonchev–Trinajstić information content (AvgIpc) is 2.25.